The van der Waals surface area contributed by atoms with Crippen LogP contribution in [0.15, 0.2) is 47.6 Å². The first-order valence-corrected chi connectivity index (χ1v) is 39.4. The van der Waals surface area contributed by atoms with Crippen LogP contribution in [0, 0.1) is 35.5 Å². The number of carbonyl (C=O) groups is 15. The standard InChI is InChI=1S/C75H113N7O26S2/c1-40-16-12-11-13-17-41(2)56(102-8)32-48-21-19-42(3)67(105-48)66(93)72(96)82-27-15-14-18-53(82)75(101)107-57(44(5)30-47-20-24-55(58(31-47)103-9)106-63(90)38-109-36-51(70(94)78-34-61(86)87)80-59(84)25-22-49(76)73(97)98)33-54(83)43(4)29-46(7)68(69(104-10)65(92)45(6)28-40)108-64(91)39-110-37-52(71(95)79-35-62(88)89)81-60(85)26-23-50(77)74(99)100/h11-13,16-17,29,40,42-45,47-53,55-58,67-69H,14-15,18-28,30-39,76-77H2,1-10H3,(H,78,94)(H,79,95)(H,80,84)(H,81,85)(H,86,87)(H,88,89)(H,97,98)(H,99,100)/b13-11+,16-12-,41-17+,46-29+/t40-,42+,43+,44+,45+,47-,48?,49-,50-,51-,52-,53-,55+,56-,57?,58+,67+,68+,69-/m0/s1. The van der Waals surface area contributed by atoms with Gasteiger partial charge in [-0.25, -0.2) is 4.79 Å². The van der Waals surface area contributed by atoms with Crippen molar-refractivity contribution in [2.24, 2.45) is 47.0 Å². The van der Waals surface area contributed by atoms with Gasteiger partial charge in [0.2, 0.25) is 29.4 Å². The highest BCUT2D eigenvalue weighted by Gasteiger charge is 2.45. The maximum Gasteiger partial charge on any atom is 0.329 e. The number of thioether (sulfide) groups is 2. The molecule has 12 N–H and O–H groups in total. The number of ketones is 3. The molecule has 2 saturated heterocycles. The Morgan fingerprint density at radius 2 is 1.25 bits per heavy atom. The number of fused-ring (bicyclic) bond motifs is 3. The third-order valence-electron chi connectivity index (χ3n) is 19.9. The van der Waals surface area contributed by atoms with Gasteiger partial charge >= 0.3 is 41.8 Å². The fourth-order valence-electron chi connectivity index (χ4n) is 13.5. The minimum absolute atomic E-state index is 0.0432. The van der Waals surface area contributed by atoms with Gasteiger partial charge in [-0.1, -0.05) is 71.1 Å². The fourth-order valence-corrected chi connectivity index (χ4v) is 15.2. The molecule has 110 heavy (non-hydrogen) atoms. The molecular weight excluding hydrogens is 1480 g/mol. The number of carboxylic acid groups (broad SMARTS) is 4. The number of piperidine rings is 1. The van der Waals surface area contributed by atoms with E-state index in [9.17, 15) is 77.3 Å². The molecule has 2 bridgehead atoms. The van der Waals surface area contributed by atoms with E-state index in [0.717, 1.165) is 29.1 Å². The molecule has 0 aromatic heterocycles. The number of esters is 3. The number of Topliss-reactive ketones (excluding diaryl/α,β-unsaturated/α-hetero) is 3. The van der Waals surface area contributed by atoms with Crippen LogP contribution in [-0.4, -0.2) is 257 Å². The number of nitrogens with two attached hydrogens (primary N) is 2. The maximum absolute atomic E-state index is 15.0. The van der Waals surface area contributed by atoms with Gasteiger partial charge in [0.15, 0.2) is 18.0 Å². The number of carboxylic acids is 4. The number of nitrogens with zero attached hydrogens (tertiary/aromatic N) is 1. The van der Waals surface area contributed by atoms with Crippen molar-refractivity contribution in [3.05, 3.63) is 47.6 Å². The highest BCUT2D eigenvalue weighted by molar-refractivity contribution is 8.00. The van der Waals surface area contributed by atoms with E-state index in [0.29, 0.717) is 57.8 Å². The molecule has 616 valence electrons. The van der Waals surface area contributed by atoms with Crippen LogP contribution in [0.1, 0.15) is 151 Å². The van der Waals surface area contributed by atoms with Crippen LogP contribution in [-0.2, 0) is 105 Å². The van der Waals surface area contributed by atoms with Crippen LogP contribution < -0.4 is 32.7 Å². The van der Waals surface area contributed by atoms with Crippen molar-refractivity contribution < 1.29 is 126 Å². The van der Waals surface area contributed by atoms with Gasteiger partial charge in [0.1, 0.15) is 67.4 Å². The summed E-state index contributed by atoms with van der Waals surface area (Å²) in [5.41, 5.74) is 12.1. The SMILES string of the molecule is CO[C@H]1CC2CC[C@@H](C)[C@@H](O2)C(=O)C(=O)N2CCCC[C@H]2C(=O)OC([C@H](C)C[C@@H]2CC[C@@H](OC(=O)CSC[C@H](NC(=O)CC[C@H](N)C(=O)O)C(=O)NCC(=O)O)[C@H](OC)C2)CC(=O)[C@H](C)/C=C(\C)[C@@H](OC(=O)CSC[C@H](NC(=O)CC[C@H](N)C(=O)O)C(=O)NCC(=O)O)[C@@H](OC)C(=O)[C@H](C)C[C@@H](C)\C=C/C=C/C=C/1C. The van der Waals surface area contributed by atoms with Crippen molar-refractivity contribution in [1.29, 1.82) is 0 Å². The molecule has 33 nitrogen and oxygen atoms in total. The highest BCUT2D eigenvalue weighted by atomic mass is 32.2. The lowest BCUT2D eigenvalue weighted by molar-refractivity contribution is -0.170. The van der Waals surface area contributed by atoms with E-state index in [2.05, 4.69) is 21.3 Å². The molecule has 3 fully saturated rings. The predicted molar refractivity (Wildman–Crippen MR) is 401 cm³/mol. The van der Waals surface area contributed by atoms with E-state index in [1.807, 2.05) is 51.2 Å². The zero-order valence-corrected chi connectivity index (χ0v) is 66.0. The number of rotatable bonds is 32. The second-order valence-electron chi connectivity index (χ2n) is 28.8. The van der Waals surface area contributed by atoms with Crippen LogP contribution in [0.4, 0.5) is 0 Å². The Balaban J connectivity index is 1.72. The minimum Gasteiger partial charge on any atom is -0.480 e. The molecule has 5 amide bonds. The number of aliphatic carboxylic acids is 4. The molecule has 19 atom stereocenters. The number of hydrogen-bond donors (Lipinski definition) is 10. The Morgan fingerprint density at radius 1 is 0.664 bits per heavy atom. The zero-order chi connectivity index (χ0) is 82.1. The van der Waals surface area contributed by atoms with Gasteiger partial charge in [0.05, 0.1) is 29.8 Å². The number of ether oxygens (including phenoxy) is 7. The average molecular weight is 1590 g/mol. The second kappa shape index (κ2) is 48.1. The molecule has 1 saturated carbocycles. The predicted octanol–water partition coefficient (Wildman–Crippen LogP) is 3.18. The summed E-state index contributed by atoms with van der Waals surface area (Å²) in [5.74, 6) is -18.5. The first-order chi connectivity index (χ1) is 52.0. The smallest absolute Gasteiger partial charge is 0.329 e. The van der Waals surface area contributed by atoms with Gasteiger partial charge < -0.3 is 91.2 Å². The maximum atomic E-state index is 15.0. The van der Waals surface area contributed by atoms with E-state index in [1.54, 1.807) is 27.9 Å². The molecular formula is C75H113N7O26S2. The monoisotopic (exact) mass is 1590 g/mol. The Morgan fingerprint density at radius 3 is 1.79 bits per heavy atom. The summed E-state index contributed by atoms with van der Waals surface area (Å²) >= 11 is 1.70. The molecule has 0 aromatic carbocycles. The number of hydrogen-bond acceptors (Lipinski definition) is 26. The van der Waals surface area contributed by atoms with Gasteiger partial charge in [0, 0.05) is 76.9 Å². The van der Waals surface area contributed by atoms with Gasteiger partial charge in [0.25, 0.3) is 5.91 Å². The number of methoxy groups -OCH3 is 3. The van der Waals surface area contributed by atoms with Crippen LogP contribution in [0.25, 0.3) is 0 Å². The molecule has 2 unspecified atom stereocenters. The Hall–Kier alpha value is -7.93. The Bertz CT molecular complexity index is 3330. The van der Waals surface area contributed by atoms with Gasteiger partial charge in [-0.3, -0.25) is 67.1 Å². The molecule has 1 aliphatic carbocycles. The van der Waals surface area contributed by atoms with E-state index < -0.39 is 217 Å². The highest BCUT2D eigenvalue weighted by Crippen LogP contribution is 2.37. The van der Waals surface area contributed by atoms with E-state index in [4.69, 9.17) is 54.8 Å². The molecule has 0 radical (unpaired) electrons. The van der Waals surface area contributed by atoms with Crippen molar-refractivity contribution in [2.45, 2.75) is 230 Å². The lowest BCUT2D eigenvalue weighted by Gasteiger charge is -2.39. The van der Waals surface area contributed by atoms with Crippen molar-refractivity contribution in [3.63, 3.8) is 0 Å². The minimum atomic E-state index is -1.50. The van der Waals surface area contributed by atoms with Crippen LogP contribution in [0.5, 0.6) is 0 Å². The van der Waals surface area contributed by atoms with E-state index in [-0.39, 0.29) is 79.2 Å². The number of amides is 5. The first kappa shape index (κ1) is 94.4. The summed E-state index contributed by atoms with van der Waals surface area (Å²) in [4.78, 5) is 200. The summed E-state index contributed by atoms with van der Waals surface area (Å²) in [7, 11) is 4.26. The lowest BCUT2D eigenvalue weighted by Crippen LogP contribution is -2.55. The van der Waals surface area contributed by atoms with Crippen LogP contribution >= 0.6 is 23.5 Å². The number of cyclic esters (lactones) is 1. The molecule has 0 spiro atoms. The van der Waals surface area contributed by atoms with Gasteiger partial charge in [-0.2, -0.15) is 0 Å². The second-order valence-corrected chi connectivity index (χ2v) is 30.9. The normalized spacial score (nSPS) is 28.7. The third kappa shape index (κ3) is 32.0. The Kier molecular flexibility index (Phi) is 41.3. The summed E-state index contributed by atoms with van der Waals surface area (Å²) in [6.45, 7) is 10.7. The molecule has 0 aromatic rings. The summed E-state index contributed by atoms with van der Waals surface area (Å²) in [5, 5.41) is 46.0. The van der Waals surface area contributed by atoms with E-state index in [1.165, 1.54) is 32.1 Å². The topological polar surface area (TPSA) is 505 Å². The van der Waals surface area contributed by atoms with Crippen LogP contribution in [0.2, 0.25) is 0 Å². The molecule has 3 aliphatic heterocycles. The summed E-state index contributed by atoms with van der Waals surface area (Å²) < 4.78 is 42.6. The fraction of sp³-hybridized carbons (Fsp3) is 0.693. The van der Waals surface area contributed by atoms with Crippen molar-refractivity contribution in [2.75, 3.05) is 64.0 Å². The van der Waals surface area contributed by atoms with Crippen molar-refractivity contribution in [1.82, 2.24) is 26.2 Å². The largest absolute Gasteiger partial charge is 0.480 e. The number of allylic oxidation sites excluding steroid dienone is 6. The zero-order valence-electron chi connectivity index (χ0n) is 64.4. The number of carbonyl (C=O) groups excluding carboxylic acids is 11. The summed E-state index contributed by atoms with van der Waals surface area (Å²) in [6.07, 6.45) is 5.63. The molecule has 4 rings (SSSR count). The van der Waals surface area contributed by atoms with Crippen molar-refractivity contribution in [3.8, 4) is 0 Å². The number of nitrogens with one attached hydrogen (secondary N) is 4. The van der Waals surface area contributed by atoms with Gasteiger partial charge in [-0.05, 0) is 126 Å². The lowest BCUT2D eigenvalue weighted by atomic mass is 9.78. The van der Waals surface area contributed by atoms with Gasteiger partial charge in [-0.15, -0.1) is 23.5 Å². The molecule has 3 heterocycles. The Labute approximate surface area is 649 Å². The summed E-state index contributed by atoms with van der Waals surface area (Å²) in [6, 6.07) is -6.77. The molecule has 35 heteroatoms. The average Bonchev–Trinajstić information content (AvgIpc) is 0.814. The first-order valence-electron chi connectivity index (χ1n) is 37.1. The quantitative estimate of drug-likeness (QED) is 0.0200. The molecule has 4 aliphatic rings. The van der Waals surface area contributed by atoms with Crippen molar-refractivity contribution >= 4 is 112 Å². The van der Waals surface area contributed by atoms with Crippen LogP contribution in [0.3, 0.4) is 0 Å². The van der Waals surface area contributed by atoms with E-state index >= 15 is 4.79 Å². The third-order valence-corrected chi connectivity index (χ3v) is 21.9.